The van der Waals surface area contributed by atoms with Gasteiger partial charge in [0.25, 0.3) is 0 Å². The van der Waals surface area contributed by atoms with Gasteiger partial charge in [0.15, 0.2) is 0 Å². The Morgan fingerprint density at radius 2 is 0.344 bits per heavy atom. The summed E-state index contributed by atoms with van der Waals surface area (Å²) < 4.78 is 0. The molecule has 13 rings (SSSR count). The van der Waals surface area contributed by atoms with Crippen molar-refractivity contribution in [3.63, 3.8) is 0 Å². The van der Waals surface area contributed by atoms with Gasteiger partial charge in [0.2, 0.25) is 0 Å². The Balaban J connectivity index is 1.16. The molecule has 510 valence electrons. The zero-order valence-corrected chi connectivity index (χ0v) is 63.8. The van der Waals surface area contributed by atoms with Gasteiger partial charge in [-0.1, -0.05) is 273 Å². The maximum absolute atomic E-state index is 4.92. The summed E-state index contributed by atoms with van der Waals surface area (Å²) >= 11 is 4.92. The van der Waals surface area contributed by atoms with E-state index in [0.717, 1.165) is 80.3 Å². The first-order valence-electron chi connectivity index (χ1n) is 40.1. The van der Waals surface area contributed by atoms with Crippen molar-refractivity contribution in [2.75, 3.05) is 5.75 Å². The molecule has 0 aromatic heterocycles. The minimum atomic E-state index is 0.692. The summed E-state index contributed by atoms with van der Waals surface area (Å²) in [5.74, 6) is 8.16. The van der Waals surface area contributed by atoms with Crippen LogP contribution in [0.1, 0.15) is 272 Å². The van der Waals surface area contributed by atoms with Crippen molar-refractivity contribution in [1.82, 2.24) is 0 Å². The summed E-state index contributed by atoms with van der Waals surface area (Å²) in [6, 6.07) is 33.1. The van der Waals surface area contributed by atoms with Gasteiger partial charge >= 0.3 is 0 Å². The van der Waals surface area contributed by atoms with Gasteiger partial charge in [-0.15, -0.1) is 0 Å². The third kappa shape index (κ3) is 13.9. The molecule has 13 aromatic rings. The Labute approximate surface area is 586 Å². The molecule has 0 bridgehead atoms. The van der Waals surface area contributed by atoms with Crippen molar-refractivity contribution in [3.8, 4) is 0 Å². The van der Waals surface area contributed by atoms with Crippen LogP contribution in [0.3, 0.4) is 0 Å². The molecule has 0 saturated heterocycles. The zero-order valence-electron chi connectivity index (χ0n) is 62.9. The molecule has 0 spiro atoms. The first-order chi connectivity index (χ1) is 46.2. The lowest BCUT2D eigenvalue weighted by Gasteiger charge is -2.30. The highest BCUT2D eigenvalue weighted by molar-refractivity contribution is 7.80. The minimum Gasteiger partial charge on any atom is -0.179 e. The van der Waals surface area contributed by atoms with Crippen molar-refractivity contribution in [1.29, 1.82) is 0 Å². The maximum atomic E-state index is 4.92. The molecule has 0 aliphatic heterocycles. The smallest absolute Gasteiger partial charge is 0.0000472 e. The Morgan fingerprint density at radius 1 is 0.188 bits per heavy atom. The van der Waals surface area contributed by atoms with E-state index in [1.54, 1.807) is 54.0 Å². The van der Waals surface area contributed by atoms with Gasteiger partial charge in [-0.2, -0.15) is 12.6 Å². The molecule has 0 N–H and O–H groups in total. The SMILES string of the molecule is CC(C)CCCC(C)CCc1cc2c3cc(CCCS)cc4c5cc(CCC(C)CCCC(C)C)cc6c7cc(CCC(C)CCCC(C)C)cc8c9cc(CCC(C)CCCC(C)C)cc%10c%11cc(CCC(C)CCCC(C)C)cc%12c(c1)c2c1c(c34)c(c56)c(c78)c(c%109)c1c%12%11. The number of hydrogen-bond acceptors (Lipinski definition) is 1. The second-order valence-electron chi connectivity index (χ2n) is 35.3. The van der Waals surface area contributed by atoms with Gasteiger partial charge in [-0.3, -0.25) is 0 Å². The molecular formula is C95H124S. The first-order valence-corrected chi connectivity index (χ1v) is 40.8. The molecule has 5 unspecified atom stereocenters. The molecule has 13 aromatic carbocycles. The number of aryl methyl sites for hydroxylation is 6. The van der Waals surface area contributed by atoms with E-state index in [1.807, 2.05) is 0 Å². The van der Waals surface area contributed by atoms with Gasteiger partial charge < -0.3 is 0 Å². The van der Waals surface area contributed by atoms with E-state index in [2.05, 4.69) is 177 Å². The molecule has 0 saturated carbocycles. The van der Waals surface area contributed by atoms with Crippen LogP contribution in [0.2, 0.25) is 0 Å². The van der Waals surface area contributed by atoms with Gasteiger partial charge in [0.05, 0.1) is 0 Å². The van der Waals surface area contributed by atoms with Crippen LogP contribution in [-0.4, -0.2) is 5.75 Å². The van der Waals surface area contributed by atoms with E-state index in [1.165, 1.54) is 237 Å². The number of hydrogen-bond donors (Lipinski definition) is 1. The van der Waals surface area contributed by atoms with Crippen LogP contribution in [0, 0.1) is 59.2 Å². The number of benzene rings is 13. The van der Waals surface area contributed by atoms with Crippen LogP contribution < -0.4 is 0 Å². The van der Waals surface area contributed by atoms with Crippen molar-refractivity contribution >= 4 is 142 Å². The third-order valence-electron chi connectivity index (χ3n) is 24.6. The molecule has 5 atom stereocenters. The average molecular weight is 1300 g/mol. The fraction of sp³-hybridized carbons (Fsp3) is 0.558. The Morgan fingerprint density at radius 3 is 0.490 bits per heavy atom. The predicted octanol–water partition coefficient (Wildman–Crippen LogP) is 30.0. The van der Waals surface area contributed by atoms with E-state index < -0.39 is 0 Å². The second-order valence-corrected chi connectivity index (χ2v) is 35.8. The van der Waals surface area contributed by atoms with Gasteiger partial charge in [-0.25, -0.2) is 0 Å². The summed E-state index contributed by atoms with van der Waals surface area (Å²) in [5, 5.41) is 36.7. The van der Waals surface area contributed by atoms with E-state index >= 15 is 0 Å². The number of thiol groups is 1. The molecular weight excluding hydrogens is 1170 g/mol. The van der Waals surface area contributed by atoms with E-state index in [0.29, 0.717) is 29.6 Å². The molecule has 0 nitrogen and oxygen atoms in total. The lowest BCUT2D eigenvalue weighted by molar-refractivity contribution is 0.437. The standard InChI is InChI=1S/C95H124S/c1-56(2)22-16-27-61(11)33-38-67-46-74-72-44-66(32-21-43-96)45-73-75-47-68(39-34-62(12)28-17-23-57(3)4)49-77-79-51-70(41-36-64(14)30-19-25-59(7)8)53-81-83-55-71(42-37-65(15)31-20-26-60(9)10)54-82-80-52-69(40-35-63(13)29-18-24-58(5)6)50-78-76(48-67)85(74)91-90(84(72)73)92(86(75)77)94(88(79)81)95(89(82)83)93(91)87(78)80/h44-65,96H,16-43H2,1-15H3. The summed E-state index contributed by atoms with van der Waals surface area (Å²) in [7, 11) is 0. The molecule has 96 heavy (non-hydrogen) atoms. The van der Waals surface area contributed by atoms with E-state index in [4.69, 9.17) is 12.6 Å². The topological polar surface area (TPSA) is 0 Å². The molecule has 0 aliphatic rings. The monoisotopic (exact) mass is 1300 g/mol. The van der Waals surface area contributed by atoms with E-state index in [9.17, 15) is 0 Å². The summed E-state index contributed by atoms with van der Waals surface area (Å²) in [6.07, 6.45) is 33.8. The zero-order chi connectivity index (χ0) is 67.4. The summed E-state index contributed by atoms with van der Waals surface area (Å²) in [5.41, 5.74) is 9.16. The first kappa shape index (κ1) is 69.4. The Hall–Kier alpha value is -5.11. The molecule has 0 radical (unpaired) electrons. The summed E-state index contributed by atoms with van der Waals surface area (Å²) in [4.78, 5) is 0. The fourth-order valence-corrected chi connectivity index (χ4v) is 19.1. The normalized spacial score (nSPS) is 14.8. The Kier molecular flexibility index (Phi) is 21.4. The minimum absolute atomic E-state index is 0.692. The van der Waals surface area contributed by atoms with Gasteiger partial charge in [-0.05, 0) is 305 Å². The number of fused-ring (bicyclic) bond motifs is 6. The molecule has 1 heteroatoms. The average Bonchev–Trinajstić information content (AvgIpc) is 0.644. The van der Waals surface area contributed by atoms with Crippen LogP contribution in [-0.2, 0) is 38.5 Å². The highest BCUT2D eigenvalue weighted by Gasteiger charge is 2.33. The lowest BCUT2D eigenvalue weighted by Crippen LogP contribution is -2.04. The molecule has 0 fully saturated rings. The largest absolute Gasteiger partial charge is 0.179 e. The van der Waals surface area contributed by atoms with Crippen molar-refractivity contribution in [3.05, 3.63) is 106 Å². The highest BCUT2D eigenvalue weighted by atomic mass is 32.1. The van der Waals surface area contributed by atoms with Crippen LogP contribution >= 0.6 is 12.6 Å². The third-order valence-corrected chi connectivity index (χ3v) is 24.9. The van der Waals surface area contributed by atoms with Crippen molar-refractivity contribution in [2.24, 2.45) is 59.2 Å². The van der Waals surface area contributed by atoms with Crippen molar-refractivity contribution < 1.29 is 0 Å². The second kappa shape index (κ2) is 29.6. The highest BCUT2D eigenvalue weighted by Crippen LogP contribution is 2.61. The maximum Gasteiger partial charge on any atom is -0.0000472 e. The van der Waals surface area contributed by atoms with Crippen molar-refractivity contribution in [2.45, 2.75) is 277 Å². The van der Waals surface area contributed by atoms with Gasteiger partial charge in [0.1, 0.15) is 0 Å². The quantitative estimate of drug-likeness (QED) is 0.0223. The lowest BCUT2D eigenvalue weighted by atomic mass is 9.72. The Bertz CT molecular complexity index is 4420. The molecule has 0 heterocycles. The van der Waals surface area contributed by atoms with Crippen LogP contribution in [0.25, 0.3) is 129 Å². The molecule has 0 amide bonds. The number of rotatable bonds is 38. The van der Waals surface area contributed by atoms with Crippen LogP contribution in [0.15, 0.2) is 72.8 Å². The van der Waals surface area contributed by atoms with Crippen LogP contribution in [0.5, 0.6) is 0 Å². The predicted molar refractivity (Wildman–Crippen MR) is 437 cm³/mol. The fourth-order valence-electron chi connectivity index (χ4n) is 18.9. The molecule has 0 aliphatic carbocycles. The van der Waals surface area contributed by atoms with Gasteiger partial charge in [0, 0.05) is 0 Å². The van der Waals surface area contributed by atoms with Crippen LogP contribution in [0.4, 0.5) is 0 Å². The summed E-state index contributed by atoms with van der Waals surface area (Å²) in [6.45, 7) is 36.8. The van der Waals surface area contributed by atoms with E-state index in [-0.39, 0.29) is 0 Å².